The lowest BCUT2D eigenvalue weighted by atomic mass is 9.79. The molecule has 0 radical (unpaired) electrons. The number of rotatable bonds is 4. The molecule has 4 amide bonds. The normalized spacial score (nSPS) is 25.7. The van der Waals surface area contributed by atoms with Crippen LogP contribution < -0.4 is 20.7 Å². The monoisotopic (exact) mass is 343 g/mol. The summed E-state index contributed by atoms with van der Waals surface area (Å²) in [5.41, 5.74) is 0.0804. The van der Waals surface area contributed by atoms with Gasteiger partial charge in [-0.2, -0.15) is 0 Å². The molecule has 1 aromatic carbocycles. The number of amides is 4. The molecule has 2 fully saturated rings. The molecule has 1 aromatic rings. The van der Waals surface area contributed by atoms with Crippen LogP contribution in [0.1, 0.15) is 31.2 Å². The first kappa shape index (κ1) is 17.0. The Morgan fingerprint density at radius 3 is 2.72 bits per heavy atom. The number of methoxy groups -OCH3 is 1. The van der Waals surface area contributed by atoms with Gasteiger partial charge >= 0.3 is 6.03 Å². The molecular weight excluding hydrogens is 322 g/mol. The van der Waals surface area contributed by atoms with Crippen molar-refractivity contribution in [2.75, 3.05) is 7.11 Å². The number of benzene rings is 1. The van der Waals surface area contributed by atoms with Gasteiger partial charge in [0.2, 0.25) is 5.91 Å². The van der Waals surface area contributed by atoms with Crippen LogP contribution in [0.4, 0.5) is 4.79 Å². The fourth-order valence-corrected chi connectivity index (χ4v) is 3.30. The Bertz CT molecular complexity index is 721. The van der Waals surface area contributed by atoms with Crippen LogP contribution in [0.2, 0.25) is 0 Å². The molecule has 1 saturated carbocycles. The molecule has 1 saturated heterocycles. The van der Waals surface area contributed by atoms with E-state index in [2.05, 4.69) is 16.0 Å². The second-order valence-corrected chi connectivity index (χ2v) is 6.38. The summed E-state index contributed by atoms with van der Waals surface area (Å²) in [5, 5.41) is 7.94. The zero-order chi connectivity index (χ0) is 17.9. The molecule has 2 aliphatic rings. The predicted molar refractivity (Wildman–Crippen MR) is 91.8 cm³/mol. The first-order valence-corrected chi connectivity index (χ1v) is 8.27. The van der Waals surface area contributed by atoms with Gasteiger partial charge in [-0.1, -0.05) is 12.1 Å². The molecule has 132 valence electrons. The second-order valence-electron chi connectivity index (χ2n) is 6.38. The van der Waals surface area contributed by atoms with E-state index in [1.54, 1.807) is 13.2 Å². The van der Waals surface area contributed by atoms with E-state index in [1.165, 1.54) is 6.08 Å². The fourth-order valence-electron chi connectivity index (χ4n) is 3.30. The Morgan fingerprint density at radius 2 is 2.08 bits per heavy atom. The van der Waals surface area contributed by atoms with Crippen molar-refractivity contribution in [3.05, 3.63) is 35.9 Å². The van der Waals surface area contributed by atoms with E-state index in [4.69, 9.17) is 4.74 Å². The van der Waals surface area contributed by atoms with E-state index >= 15 is 0 Å². The van der Waals surface area contributed by atoms with Crippen LogP contribution in [0, 0.1) is 0 Å². The van der Waals surface area contributed by atoms with Crippen LogP contribution >= 0.6 is 0 Å². The van der Waals surface area contributed by atoms with Crippen LogP contribution in [-0.2, 0) is 9.59 Å². The van der Waals surface area contributed by atoms with Crippen LogP contribution in [0.3, 0.4) is 0 Å². The number of imide groups is 1. The van der Waals surface area contributed by atoms with Gasteiger partial charge in [-0.3, -0.25) is 14.9 Å². The van der Waals surface area contributed by atoms with Crippen LogP contribution in [0.5, 0.6) is 5.75 Å². The summed E-state index contributed by atoms with van der Waals surface area (Å²) in [6.45, 7) is 0. The molecule has 3 rings (SSSR count). The third-order valence-electron chi connectivity index (χ3n) is 4.72. The molecule has 0 bridgehead atoms. The number of carbonyl (C=O) groups excluding carboxylic acids is 3. The zero-order valence-electron chi connectivity index (χ0n) is 14.0. The second kappa shape index (κ2) is 6.96. The lowest BCUT2D eigenvalue weighted by Crippen LogP contribution is -2.52. The van der Waals surface area contributed by atoms with Crippen molar-refractivity contribution in [2.45, 2.75) is 37.3 Å². The highest BCUT2D eigenvalue weighted by molar-refractivity contribution is 6.07. The molecule has 7 heteroatoms. The molecule has 1 heterocycles. The van der Waals surface area contributed by atoms with Gasteiger partial charge in [0.15, 0.2) is 0 Å². The van der Waals surface area contributed by atoms with Crippen LogP contribution in [0.25, 0.3) is 6.08 Å². The molecule has 0 aromatic heterocycles. The lowest BCUT2D eigenvalue weighted by molar-refractivity contribution is -0.125. The summed E-state index contributed by atoms with van der Waals surface area (Å²) >= 11 is 0. The van der Waals surface area contributed by atoms with Gasteiger partial charge in [-0.05, 0) is 49.5 Å². The van der Waals surface area contributed by atoms with Crippen molar-refractivity contribution in [2.24, 2.45) is 0 Å². The fraction of sp³-hybridized carbons (Fsp3) is 0.389. The number of carbonyl (C=O) groups is 3. The van der Waals surface area contributed by atoms with Gasteiger partial charge in [-0.25, -0.2) is 4.79 Å². The Kier molecular flexibility index (Phi) is 4.74. The highest BCUT2D eigenvalue weighted by Gasteiger charge is 2.48. The van der Waals surface area contributed by atoms with Gasteiger partial charge < -0.3 is 15.4 Å². The van der Waals surface area contributed by atoms with Crippen molar-refractivity contribution >= 4 is 23.9 Å². The molecule has 1 aliphatic carbocycles. The largest absolute Gasteiger partial charge is 0.497 e. The van der Waals surface area contributed by atoms with Gasteiger partial charge in [0.1, 0.15) is 11.3 Å². The van der Waals surface area contributed by atoms with Crippen LogP contribution in [-0.4, -0.2) is 36.5 Å². The van der Waals surface area contributed by atoms with E-state index < -0.39 is 11.6 Å². The summed E-state index contributed by atoms with van der Waals surface area (Å²) in [4.78, 5) is 35.3. The van der Waals surface area contributed by atoms with E-state index in [1.807, 2.05) is 24.3 Å². The zero-order valence-corrected chi connectivity index (χ0v) is 14.0. The maximum absolute atomic E-state index is 12.1. The first-order chi connectivity index (χ1) is 12.0. The Labute approximate surface area is 145 Å². The number of nitrogens with one attached hydrogen (secondary N) is 3. The van der Waals surface area contributed by atoms with E-state index in [-0.39, 0.29) is 17.9 Å². The minimum absolute atomic E-state index is 0.00149. The molecule has 0 atom stereocenters. The van der Waals surface area contributed by atoms with Crippen molar-refractivity contribution < 1.29 is 19.1 Å². The first-order valence-electron chi connectivity index (χ1n) is 8.27. The van der Waals surface area contributed by atoms with E-state index in [0.717, 1.165) is 11.3 Å². The van der Waals surface area contributed by atoms with Crippen LogP contribution in [0.15, 0.2) is 30.3 Å². The summed E-state index contributed by atoms with van der Waals surface area (Å²) < 4.78 is 5.15. The molecule has 7 nitrogen and oxygen atoms in total. The molecule has 1 aliphatic heterocycles. The number of hydrogen-bond acceptors (Lipinski definition) is 4. The van der Waals surface area contributed by atoms with Crippen molar-refractivity contribution in [3.8, 4) is 5.75 Å². The molecular formula is C18H21N3O4. The van der Waals surface area contributed by atoms with E-state index in [9.17, 15) is 14.4 Å². The Hall–Kier alpha value is -2.83. The highest BCUT2D eigenvalue weighted by atomic mass is 16.5. The minimum atomic E-state index is -0.797. The average Bonchev–Trinajstić information content (AvgIpc) is 2.89. The SMILES string of the molecule is COc1cccc(C=CC(=O)NC2CCC3(CC2)NC(=O)NC3=O)c1. The summed E-state index contributed by atoms with van der Waals surface area (Å²) in [6, 6.07) is 6.99. The highest BCUT2D eigenvalue weighted by Crippen LogP contribution is 2.30. The van der Waals surface area contributed by atoms with Crippen molar-refractivity contribution in [1.29, 1.82) is 0 Å². The van der Waals surface area contributed by atoms with Gasteiger partial charge in [0.25, 0.3) is 5.91 Å². The lowest BCUT2D eigenvalue weighted by Gasteiger charge is -2.34. The summed E-state index contributed by atoms with van der Waals surface area (Å²) in [7, 11) is 1.60. The van der Waals surface area contributed by atoms with E-state index in [0.29, 0.717) is 25.7 Å². The number of urea groups is 1. The third kappa shape index (κ3) is 3.81. The molecule has 3 N–H and O–H groups in total. The summed E-state index contributed by atoms with van der Waals surface area (Å²) in [5.74, 6) is 0.293. The van der Waals surface area contributed by atoms with Gasteiger partial charge in [0.05, 0.1) is 7.11 Å². The smallest absolute Gasteiger partial charge is 0.322 e. The van der Waals surface area contributed by atoms with Crippen molar-refractivity contribution in [1.82, 2.24) is 16.0 Å². The quantitative estimate of drug-likeness (QED) is 0.568. The number of ether oxygens (including phenoxy) is 1. The molecule has 0 unspecified atom stereocenters. The number of hydrogen-bond donors (Lipinski definition) is 3. The van der Waals surface area contributed by atoms with Gasteiger partial charge in [0, 0.05) is 12.1 Å². The molecule has 25 heavy (non-hydrogen) atoms. The molecule has 1 spiro atoms. The Balaban J connectivity index is 1.52. The standard InChI is InChI=1S/C18H21N3O4/c1-25-14-4-2-3-12(11-14)5-6-15(22)19-13-7-9-18(10-8-13)16(23)20-17(24)21-18/h2-6,11,13H,7-10H2,1H3,(H,19,22)(H2,20,21,23,24). The van der Waals surface area contributed by atoms with Crippen molar-refractivity contribution in [3.63, 3.8) is 0 Å². The summed E-state index contributed by atoms with van der Waals surface area (Å²) in [6.07, 6.45) is 5.55. The maximum atomic E-state index is 12.1. The average molecular weight is 343 g/mol. The Morgan fingerprint density at radius 1 is 1.32 bits per heavy atom. The maximum Gasteiger partial charge on any atom is 0.322 e. The van der Waals surface area contributed by atoms with Gasteiger partial charge in [-0.15, -0.1) is 0 Å². The minimum Gasteiger partial charge on any atom is -0.497 e. The topological polar surface area (TPSA) is 96.5 Å². The third-order valence-corrected chi connectivity index (χ3v) is 4.72. The predicted octanol–water partition coefficient (Wildman–Crippen LogP) is 1.35.